The molecule has 37 heavy (non-hydrogen) atoms. The van der Waals surface area contributed by atoms with Gasteiger partial charge in [-0.05, 0) is 60.2 Å². The number of methoxy groups -OCH3 is 1. The fourth-order valence-corrected chi connectivity index (χ4v) is 6.25. The van der Waals surface area contributed by atoms with Gasteiger partial charge in [0.1, 0.15) is 5.75 Å². The maximum Gasteiger partial charge on any atom is 0.280 e. The largest absolute Gasteiger partial charge is 0.497 e. The van der Waals surface area contributed by atoms with Crippen LogP contribution in [0.5, 0.6) is 5.75 Å². The van der Waals surface area contributed by atoms with Gasteiger partial charge in [-0.15, -0.1) is 0 Å². The first-order valence-corrected chi connectivity index (χ1v) is 14.5. The number of amides is 1. The van der Waals surface area contributed by atoms with Crippen LogP contribution in [0.4, 0.5) is 5.13 Å². The van der Waals surface area contributed by atoms with E-state index in [0.717, 1.165) is 14.7 Å². The number of carbonyl (C=O) groups excluding carboxylic acids is 1. The number of hydrogen-bond donors (Lipinski definition) is 0. The van der Waals surface area contributed by atoms with Crippen LogP contribution in [0.1, 0.15) is 29.8 Å². The summed E-state index contributed by atoms with van der Waals surface area (Å²) < 4.78 is 34.1. The van der Waals surface area contributed by atoms with Crippen molar-refractivity contribution in [3.8, 4) is 5.75 Å². The zero-order chi connectivity index (χ0) is 26.6. The number of sulfonamides is 1. The molecule has 8 nitrogen and oxygen atoms in total. The summed E-state index contributed by atoms with van der Waals surface area (Å²) >= 11 is 4.71. The van der Waals surface area contributed by atoms with Crippen LogP contribution in [0, 0.1) is 0 Å². The molecule has 0 aliphatic heterocycles. The van der Waals surface area contributed by atoms with Crippen molar-refractivity contribution in [2.75, 3.05) is 25.2 Å². The summed E-state index contributed by atoms with van der Waals surface area (Å²) in [5.74, 6) is 0.245. The van der Waals surface area contributed by atoms with Gasteiger partial charge in [0.15, 0.2) is 0 Å². The Labute approximate surface area is 228 Å². The van der Waals surface area contributed by atoms with E-state index in [-0.39, 0.29) is 10.5 Å². The standard InChI is InChI=1S/C26H25BrN4O4S2/c1-4-30(5-2)37(33,34)22-13-8-19(9-14-22)25(32)31(28-17-18-6-10-20(27)11-7-18)26-29-23-15-12-21(35-3)16-24(23)36-26/h6-17H,4-5H2,1-3H3/b28-17+. The smallest absolute Gasteiger partial charge is 0.280 e. The van der Waals surface area contributed by atoms with Gasteiger partial charge in [0.05, 0.1) is 28.4 Å². The highest BCUT2D eigenvalue weighted by Crippen LogP contribution is 2.32. The van der Waals surface area contributed by atoms with Crippen LogP contribution in [-0.4, -0.2) is 50.0 Å². The van der Waals surface area contributed by atoms with Crippen molar-refractivity contribution < 1.29 is 17.9 Å². The maximum absolute atomic E-state index is 13.6. The molecule has 0 fully saturated rings. The number of carbonyl (C=O) groups is 1. The average Bonchev–Trinajstić information content (AvgIpc) is 3.33. The van der Waals surface area contributed by atoms with E-state index >= 15 is 0 Å². The summed E-state index contributed by atoms with van der Waals surface area (Å²) in [6, 6.07) is 18.9. The lowest BCUT2D eigenvalue weighted by molar-refractivity contribution is 0.0987. The number of ether oxygens (including phenoxy) is 1. The second-order valence-electron chi connectivity index (χ2n) is 7.86. The van der Waals surface area contributed by atoms with E-state index in [1.165, 1.54) is 44.9 Å². The van der Waals surface area contributed by atoms with Crippen LogP contribution in [0.25, 0.3) is 10.2 Å². The predicted molar refractivity (Wildman–Crippen MR) is 151 cm³/mol. The van der Waals surface area contributed by atoms with Gasteiger partial charge < -0.3 is 4.74 Å². The second kappa shape index (κ2) is 11.5. The van der Waals surface area contributed by atoms with Crippen LogP contribution in [0.2, 0.25) is 0 Å². The second-order valence-corrected chi connectivity index (χ2v) is 11.7. The number of aromatic nitrogens is 1. The molecule has 0 radical (unpaired) electrons. The number of benzene rings is 3. The van der Waals surface area contributed by atoms with Crippen molar-refractivity contribution >= 4 is 64.8 Å². The molecule has 11 heteroatoms. The molecule has 0 spiro atoms. The van der Waals surface area contributed by atoms with Crippen molar-refractivity contribution in [1.29, 1.82) is 0 Å². The number of thiazole rings is 1. The van der Waals surface area contributed by atoms with E-state index < -0.39 is 15.9 Å². The summed E-state index contributed by atoms with van der Waals surface area (Å²) in [6.45, 7) is 4.29. The Bertz CT molecular complexity index is 1530. The monoisotopic (exact) mass is 600 g/mol. The van der Waals surface area contributed by atoms with Crippen LogP contribution >= 0.6 is 27.3 Å². The highest BCUT2D eigenvalue weighted by atomic mass is 79.9. The molecule has 1 amide bonds. The van der Waals surface area contributed by atoms with E-state index in [0.29, 0.717) is 29.5 Å². The molecular formula is C26H25BrN4O4S2. The van der Waals surface area contributed by atoms with Crippen molar-refractivity contribution in [2.24, 2.45) is 5.10 Å². The molecule has 0 atom stereocenters. The van der Waals surface area contributed by atoms with Gasteiger partial charge in [-0.3, -0.25) is 4.79 Å². The lowest BCUT2D eigenvalue weighted by Gasteiger charge is -2.19. The van der Waals surface area contributed by atoms with Gasteiger partial charge in [-0.1, -0.05) is 53.2 Å². The maximum atomic E-state index is 13.6. The number of anilines is 1. The van der Waals surface area contributed by atoms with Gasteiger partial charge >= 0.3 is 0 Å². The third-order valence-corrected chi connectivity index (χ3v) is 9.18. The lowest BCUT2D eigenvalue weighted by Crippen LogP contribution is -2.30. The zero-order valence-electron chi connectivity index (χ0n) is 20.5. The van der Waals surface area contributed by atoms with Crippen molar-refractivity contribution in [3.63, 3.8) is 0 Å². The average molecular weight is 602 g/mol. The Morgan fingerprint density at radius 3 is 2.35 bits per heavy atom. The summed E-state index contributed by atoms with van der Waals surface area (Å²) in [5, 5.41) is 6.07. The van der Waals surface area contributed by atoms with Crippen molar-refractivity contribution in [2.45, 2.75) is 18.7 Å². The topological polar surface area (TPSA) is 92.2 Å². The zero-order valence-corrected chi connectivity index (χ0v) is 23.7. The summed E-state index contributed by atoms with van der Waals surface area (Å²) in [7, 11) is -2.05. The molecule has 4 aromatic rings. The van der Waals surface area contributed by atoms with E-state index in [2.05, 4.69) is 26.0 Å². The third-order valence-electron chi connectivity index (χ3n) is 5.59. The number of fused-ring (bicyclic) bond motifs is 1. The molecule has 0 aliphatic carbocycles. The van der Waals surface area contributed by atoms with Crippen LogP contribution in [-0.2, 0) is 10.0 Å². The SMILES string of the molecule is CCN(CC)S(=O)(=O)c1ccc(C(=O)N(/N=C/c2ccc(Br)cc2)c2nc3ccc(OC)cc3s2)cc1. The summed E-state index contributed by atoms with van der Waals surface area (Å²) in [5.41, 5.74) is 1.78. The molecule has 0 bridgehead atoms. The molecule has 0 aliphatic rings. The molecule has 0 N–H and O–H groups in total. The Morgan fingerprint density at radius 2 is 1.73 bits per heavy atom. The molecule has 1 aromatic heterocycles. The number of hydrazone groups is 1. The molecule has 0 saturated carbocycles. The van der Waals surface area contributed by atoms with Gasteiger partial charge in [-0.25, -0.2) is 13.4 Å². The Hall–Kier alpha value is -3.12. The Kier molecular flexibility index (Phi) is 8.38. The number of rotatable bonds is 9. The first-order valence-electron chi connectivity index (χ1n) is 11.5. The lowest BCUT2D eigenvalue weighted by atomic mass is 10.2. The predicted octanol–water partition coefficient (Wildman–Crippen LogP) is 5.78. The minimum Gasteiger partial charge on any atom is -0.497 e. The van der Waals surface area contributed by atoms with E-state index in [9.17, 15) is 13.2 Å². The molecular weight excluding hydrogens is 576 g/mol. The first kappa shape index (κ1) is 26.9. The number of halogens is 1. The molecule has 192 valence electrons. The highest BCUT2D eigenvalue weighted by molar-refractivity contribution is 9.10. The van der Waals surface area contributed by atoms with Gasteiger partial charge in [0.25, 0.3) is 5.91 Å². The minimum absolute atomic E-state index is 0.129. The number of nitrogens with zero attached hydrogens (tertiary/aromatic N) is 4. The van der Waals surface area contributed by atoms with Crippen LogP contribution < -0.4 is 9.75 Å². The molecule has 0 unspecified atom stereocenters. The minimum atomic E-state index is -3.64. The van der Waals surface area contributed by atoms with E-state index in [1.54, 1.807) is 33.2 Å². The Balaban J connectivity index is 1.72. The van der Waals surface area contributed by atoms with Gasteiger partial charge in [-0.2, -0.15) is 14.4 Å². The Morgan fingerprint density at radius 1 is 1.05 bits per heavy atom. The summed E-state index contributed by atoms with van der Waals surface area (Å²) in [4.78, 5) is 18.4. The summed E-state index contributed by atoms with van der Waals surface area (Å²) in [6.07, 6.45) is 1.58. The van der Waals surface area contributed by atoms with Gasteiger partial charge in [0, 0.05) is 23.1 Å². The van der Waals surface area contributed by atoms with Crippen molar-refractivity contribution in [1.82, 2.24) is 9.29 Å². The fourth-order valence-electron chi connectivity index (χ4n) is 3.58. The molecule has 1 heterocycles. The quantitative estimate of drug-likeness (QED) is 0.179. The fraction of sp³-hybridized carbons (Fsp3) is 0.192. The van der Waals surface area contributed by atoms with Crippen molar-refractivity contribution in [3.05, 3.63) is 82.3 Å². The van der Waals surface area contributed by atoms with Crippen LogP contribution in [0.3, 0.4) is 0 Å². The third kappa shape index (κ3) is 5.90. The normalized spacial score (nSPS) is 11.9. The molecule has 3 aromatic carbocycles. The van der Waals surface area contributed by atoms with Crippen LogP contribution in [0.15, 0.2) is 81.2 Å². The molecule has 4 rings (SSSR count). The molecule has 0 saturated heterocycles. The first-order chi connectivity index (χ1) is 17.8. The highest BCUT2D eigenvalue weighted by Gasteiger charge is 2.24. The number of hydrogen-bond acceptors (Lipinski definition) is 7. The van der Waals surface area contributed by atoms with E-state index in [4.69, 9.17) is 4.74 Å². The van der Waals surface area contributed by atoms with Gasteiger partial charge in [0.2, 0.25) is 15.2 Å². The van der Waals surface area contributed by atoms with E-state index in [1.807, 2.05) is 36.4 Å².